The van der Waals surface area contributed by atoms with Crippen LogP contribution < -0.4 is 15.2 Å². The second kappa shape index (κ2) is 4.30. The van der Waals surface area contributed by atoms with Gasteiger partial charge in [-0.05, 0) is 12.1 Å². The van der Waals surface area contributed by atoms with E-state index in [0.29, 0.717) is 0 Å². The van der Waals surface area contributed by atoms with Crippen molar-refractivity contribution < 1.29 is 27.4 Å². The Morgan fingerprint density at radius 3 is 2.25 bits per heavy atom. The molecular weight excluding hydrogens is 227 g/mol. The number of benzene rings is 1. The molecule has 88 valence electrons. The zero-order valence-electron chi connectivity index (χ0n) is 8.17. The van der Waals surface area contributed by atoms with Crippen LogP contribution in [0.4, 0.5) is 13.2 Å². The Bertz CT molecular complexity index is 403. The predicted molar refractivity (Wildman–Crippen MR) is 48.2 cm³/mol. The molecule has 16 heavy (non-hydrogen) atoms. The van der Waals surface area contributed by atoms with E-state index in [9.17, 15) is 18.0 Å². The van der Waals surface area contributed by atoms with Crippen molar-refractivity contribution in [2.24, 2.45) is 5.73 Å². The standard InChI is InChI=1S/C9H8F3NO3/c1-15-6-2-5(8(13)14)3-7(4-6)16-9(10,11)12/h2-4H,1H3,(H2,13,14). The third-order valence-corrected chi connectivity index (χ3v) is 1.63. The van der Waals surface area contributed by atoms with E-state index >= 15 is 0 Å². The zero-order valence-corrected chi connectivity index (χ0v) is 8.17. The van der Waals surface area contributed by atoms with Crippen LogP contribution in [0.3, 0.4) is 0 Å². The lowest BCUT2D eigenvalue weighted by atomic mass is 10.2. The molecule has 1 aromatic carbocycles. The fourth-order valence-corrected chi connectivity index (χ4v) is 1.02. The van der Waals surface area contributed by atoms with Crippen LogP contribution in [0.5, 0.6) is 11.5 Å². The second-order valence-electron chi connectivity index (χ2n) is 2.81. The van der Waals surface area contributed by atoms with Crippen LogP contribution in [0.2, 0.25) is 0 Å². The van der Waals surface area contributed by atoms with E-state index in [1.54, 1.807) is 0 Å². The highest BCUT2D eigenvalue weighted by molar-refractivity contribution is 5.93. The van der Waals surface area contributed by atoms with Gasteiger partial charge in [0.05, 0.1) is 7.11 Å². The normalized spacial score (nSPS) is 11.0. The molecule has 0 aliphatic rings. The Kier molecular flexibility index (Phi) is 3.26. The van der Waals surface area contributed by atoms with E-state index in [1.165, 1.54) is 13.2 Å². The molecule has 7 heteroatoms. The SMILES string of the molecule is COc1cc(OC(F)(F)F)cc(C(N)=O)c1. The second-order valence-corrected chi connectivity index (χ2v) is 2.81. The van der Waals surface area contributed by atoms with Crippen LogP contribution >= 0.6 is 0 Å². The van der Waals surface area contributed by atoms with Gasteiger partial charge in [-0.25, -0.2) is 0 Å². The first-order chi connectivity index (χ1) is 7.31. The largest absolute Gasteiger partial charge is 0.573 e. The summed E-state index contributed by atoms with van der Waals surface area (Å²) in [4.78, 5) is 10.8. The van der Waals surface area contributed by atoms with Crippen LogP contribution in [0.1, 0.15) is 10.4 Å². The lowest BCUT2D eigenvalue weighted by Crippen LogP contribution is -2.18. The molecule has 0 heterocycles. The number of carbonyl (C=O) groups excluding carboxylic acids is 1. The van der Waals surface area contributed by atoms with Crippen molar-refractivity contribution >= 4 is 5.91 Å². The minimum atomic E-state index is -4.83. The van der Waals surface area contributed by atoms with E-state index in [-0.39, 0.29) is 11.3 Å². The monoisotopic (exact) mass is 235 g/mol. The van der Waals surface area contributed by atoms with Crippen molar-refractivity contribution in [2.45, 2.75) is 6.36 Å². The Labute approximate surface area is 88.8 Å². The molecule has 0 bridgehead atoms. The van der Waals surface area contributed by atoms with Crippen LogP contribution in [0, 0.1) is 0 Å². The third kappa shape index (κ3) is 3.34. The highest BCUT2D eigenvalue weighted by Crippen LogP contribution is 2.27. The fourth-order valence-electron chi connectivity index (χ4n) is 1.02. The Hall–Kier alpha value is -1.92. The molecule has 0 radical (unpaired) electrons. The molecule has 0 aliphatic heterocycles. The van der Waals surface area contributed by atoms with E-state index in [2.05, 4.69) is 4.74 Å². The molecule has 0 atom stereocenters. The maximum absolute atomic E-state index is 11.9. The first kappa shape index (κ1) is 12.2. The first-order valence-electron chi connectivity index (χ1n) is 4.06. The maximum Gasteiger partial charge on any atom is 0.573 e. The van der Waals surface area contributed by atoms with Crippen LogP contribution in [0.15, 0.2) is 18.2 Å². The van der Waals surface area contributed by atoms with Gasteiger partial charge in [0.25, 0.3) is 0 Å². The summed E-state index contributed by atoms with van der Waals surface area (Å²) < 4.78 is 44.1. The topological polar surface area (TPSA) is 61.6 Å². The van der Waals surface area contributed by atoms with Gasteiger partial charge in [-0.3, -0.25) is 4.79 Å². The van der Waals surface area contributed by atoms with Crippen LogP contribution in [0.25, 0.3) is 0 Å². The minimum Gasteiger partial charge on any atom is -0.497 e. The fraction of sp³-hybridized carbons (Fsp3) is 0.222. The Balaban J connectivity index is 3.09. The zero-order chi connectivity index (χ0) is 12.3. The van der Waals surface area contributed by atoms with Crippen molar-refractivity contribution in [3.05, 3.63) is 23.8 Å². The summed E-state index contributed by atoms with van der Waals surface area (Å²) in [6.45, 7) is 0. The lowest BCUT2D eigenvalue weighted by Gasteiger charge is -2.11. The minimum absolute atomic E-state index is 0.0514. The summed E-state index contributed by atoms with van der Waals surface area (Å²) in [5.41, 5.74) is 4.81. The third-order valence-electron chi connectivity index (χ3n) is 1.63. The molecule has 1 aromatic rings. The molecule has 0 saturated heterocycles. The van der Waals surface area contributed by atoms with Gasteiger partial charge in [-0.1, -0.05) is 0 Å². The van der Waals surface area contributed by atoms with Crippen LogP contribution in [-0.2, 0) is 0 Å². The maximum atomic E-state index is 11.9. The smallest absolute Gasteiger partial charge is 0.497 e. The number of amides is 1. The average molecular weight is 235 g/mol. The summed E-state index contributed by atoms with van der Waals surface area (Å²) >= 11 is 0. The molecule has 0 aromatic heterocycles. The predicted octanol–water partition coefficient (Wildman–Crippen LogP) is 1.69. The van der Waals surface area contributed by atoms with E-state index in [0.717, 1.165) is 12.1 Å². The number of rotatable bonds is 3. The summed E-state index contributed by atoms with van der Waals surface area (Å²) in [6.07, 6.45) is -4.83. The number of ether oxygens (including phenoxy) is 2. The van der Waals surface area contributed by atoms with E-state index < -0.39 is 18.0 Å². The first-order valence-corrected chi connectivity index (χ1v) is 4.06. The highest BCUT2D eigenvalue weighted by Gasteiger charge is 2.31. The van der Waals surface area contributed by atoms with Gasteiger partial charge in [0.15, 0.2) is 0 Å². The summed E-state index contributed by atoms with van der Waals surface area (Å²) in [5.74, 6) is -1.37. The van der Waals surface area contributed by atoms with Gasteiger partial charge < -0.3 is 15.2 Å². The quantitative estimate of drug-likeness (QED) is 0.867. The van der Waals surface area contributed by atoms with Gasteiger partial charge in [0.2, 0.25) is 5.91 Å². The molecule has 0 aliphatic carbocycles. The molecule has 4 nitrogen and oxygen atoms in total. The van der Waals surface area contributed by atoms with Gasteiger partial charge in [-0.2, -0.15) is 0 Å². The van der Waals surface area contributed by atoms with E-state index in [1.807, 2.05) is 0 Å². The number of alkyl halides is 3. The van der Waals surface area contributed by atoms with Crippen molar-refractivity contribution in [2.75, 3.05) is 7.11 Å². The van der Waals surface area contributed by atoms with Crippen molar-refractivity contribution in [1.29, 1.82) is 0 Å². The van der Waals surface area contributed by atoms with Gasteiger partial charge >= 0.3 is 6.36 Å². The summed E-state index contributed by atoms with van der Waals surface area (Å²) in [7, 11) is 1.25. The van der Waals surface area contributed by atoms with Gasteiger partial charge in [-0.15, -0.1) is 13.2 Å². The molecule has 2 N–H and O–H groups in total. The molecule has 0 unspecified atom stereocenters. The molecule has 1 amide bonds. The highest BCUT2D eigenvalue weighted by atomic mass is 19.4. The van der Waals surface area contributed by atoms with Gasteiger partial charge in [0.1, 0.15) is 11.5 Å². The van der Waals surface area contributed by atoms with Gasteiger partial charge in [0, 0.05) is 11.6 Å². The number of nitrogens with two attached hydrogens (primary N) is 1. The number of carbonyl (C=O) groups is 1. The van der Waals surface area contributed by atoms with Crippen LogP contribution in [-0.4, -0.2) is 19.4 Å². The van der Waals surface area contributed by atoms with Crippen molar-refractivity contribution in [1.82, 2.24) is 0 Å². The average Bonchev–Trinajstić information content (AvgIpc) is 2.14. The van der Waals surface area contributed by atoms with Crippen molar-refractivity contribution in [3.8, 4) is 11.5 Å². The number of methoxy groups -OCH3 is 1. The number of halogens is 3. The summed E-state index contributed by atoms with van der Waals surface area (Å²) in [6, 6.07) is 3.10. The summed E-state index contributed by atoms with van der Waals surface area (Å²) in [5, 5.41) is 0. The Morgan fingerprint density at radius 2 is 1.81 bits per heavy atom. The Morgan fingerprint density at radius 1 is 1.25 bits per heavy atom. The molecular formula is C9H8F3NO3. The van der Waals surface area contributed by atoms with Crippen molar-refractivity contribution in [3.63, 3.8) is 0 Å². The molecule has 0 saturated carbocycles. The molecule has 1 rings (SSSR count). The number of hydrogen-bond acceptors (Lipinski definition) is 3. The number of primary amides is 1. The lowest BCUT2D eigenvalue weighted by molar-refractivity contribution is -0.274. The molecule has 0 fully saturated rings. The van der Waals surface area contributed by atoms with E-state index in [4.69, 9.17) is 10.5 Å². The molecule has 0 spiro atoms. The number of hydrogen-bond donors (Lipinski definition) is 1.